The Morgan fingerprint density at radius 2 is 1.89 bits per heavy atom. The second kappa shape index (κ2) is 8.99. The minimum absolute atomic E-state index is 0.186. The highest BCUT2D eigenvalue weighted by Gasteiger charge is 2.24. The molecular weight excluding hydrogens is 412 g/mol. The number of pyridine rings is 1. The molecule has 0 aliphatic rings. The fourth-order valence-corrected chi connectivity index (χ4v) is 2.74. The first kappa shape index (κ1) is 20.9. The number of aromatic nitrogens is 1. The maximum Gasteiger partial charge on any atom is 0.411 e. The van der Waals surface area contributed by atoms with Crippen LogP contribution in [-0.2, 0) is 20.8 Å². The molecule has 0 atom stereocenters. The van der Waals surface area contributed by atoms with E-state index in [2.05, 4.69) is 20.9 Å². The fourth-order valence-electron chi connectivity index (χ4n) is 2.37. The minimum Gasteiger partial charge on any atom is -0.468 e. The Morgan fingerprint density at radius 1 is 1.15 bits per heavy atom. The van der Waals surface area contributed by atoms with Crippen molar-refractivity contribution >= 4 is 28.0 Å². The van der Waals surface area contributed by atoms with Crippen LogP contribution < -0.4 is 0 Å². The summed E-state index contributed by atoms with van der Waals surface area (Å²) in [5.74, 6) is -0.506. The van der Waals surface area contributed by atoms with E-state index in [1.165, 1.54) is 12.0 Å². The Labute approximate surface area is 167 Å². The van der Waals surface area contributed by atoms with E-state index >= 15 is 0 Å². The Morgan fingerprint density at radius 3 is 2.52 bits per heavy atom. The second-order valence-corrected chi connectivity index (χ2v) is 7.92. The zero-order chi connectivity index (χ0) is 20.0. The van der Waals surface area contributed by atoms with Gasteiger partial charge in [0.15, 0.2) is 0 Å². The van der Waals surface area contributed by atoms with Crippen LogP contribution in [0.25, 0.3) is 11.1 Å². The van der Waals surface area contributed by atoms with Gasteiger partial charge in [-0.1, -0.05) is 18.2 Å². The Bertz CT molecular complexity index is 818. The summed E-state index contributed by atoms with van der Waals surface area (Å²) in [4.78, 5) is 29.7. The van der Waals surface area contributed by atoms with E-state index in [4.69, 9.17) is 9.47 Å². The van der Waals surface area contributed by atoms with Crippen LogP contribution in [0.1, 0.15) is 26.3 Å². The summed E-state index contributed by atoms with van der Waals surface area (Å²) in [5.41, 5.74) is 2.11. The number of carbonyl (C=O) groups is 2. The van der Waals surface area contributed by atoms with Gasteiger partial charge in [-0.3, -0.25) is 14.7 Å². The Hall–Kier alpha value is -2.41. The quantitative estimate of drug-likeness (QED) is 0.651. The minimum atomic E-state index is -0.657. The molecule has 0 unspecified atom stereocenters. The van der Waals surface area contributed by atoms with Crippen LogP contribution in [-0.4, -0.2) is 41.2 Å². The lowest BCUT2D eigenvalue weighted by Gasteiger charge is -2.26. The molecule has 1 aromatic heterocycles. The predicted molar refractivity (Wildman–Crippen MR) is 106 cm³/mol. The SMILES string of the molecule is COC(=O)CN(Cc1cccc(-c2cncc(Br)c2)c1)C(=O)OC(C)(C)C. The standard InChI is InChI=1S/C20H23BrN2O4/c1-20(2,3)27-19(25)23(13-18(24)26-4)12-14-6-5-7-15(8-14)16-9-17(21)11-22-10-16/h5-11H,12-13H2,1-4H3. The summed E-state index contributed by atoms with van der Waals surface area (Å²) in [6.07, 6.45) is 2.92. The molecule has 2 rings (SSSR count). The van der Waals surface area contributed by atoms with E-state index in [1.807, 2.05) is 30.3 Å². The van der Waals surface area contributed by atoms with Crippen molar-refractivity contribution in [3.8, 4) is 11.1 Å². The molecule has 0 aliphatic heterocycles. The largest absolute Gasteiger partial charge is 0.468 e. The van der Waals surface area contributed by atoms with Crippen molar-refractivity contribution in [2.75, 3.05) is 13.7 Å². The van der Waals surface area contributed by atoms with Crippen LogP contribution in [0.3, 0.4) is 0 Å². The molecule has 6 nitrogen and oxygen atoms in total. The number of benzene rings is 1. The summed E-state index contributed by atoms with van der Waals surface area (Å²) in [7, 11) is 1.29. The number of nitrogens with zero attached hydrogens (tertiary/aromatic N) is 2. The highest BCUT2D eigenvalue weighted by Crippen LogP contribution is 2.23. The molecule has 1 amide bonds. The lowest BCUT2D eigenvalue weighted by molar-refractivity contribution is -0.142. The number of halogens is 1. The number of hydrogen-bond donors (Lipinski definition) is 0. The van der Waals surface area contributed by atoms with Crippen LogP contribution in [0.5, 0.6) is 0 Å². The zero-order valence-electron chi connectivity index (χ0n) is 15.9. The monoisotopic (exact) mass is 434 g/mol. The van der Waals surface area contributed by atoms with E-state index in [-0.39, 0.29) is 13.1 Å². The molecule has 2 aromatic rings. The molecule has 0 radical (unpaired) electrons. The molecule has 0 saturated carbocycles. The van der Waals surface area contributed by atoms with Crippen molar-refractivity contribution in [1.29, 1.82) is 0 Å². The summed E-state index contributed by atoms with van der Waals surface area (Å²) in [6, 6.07) is 9.68. The first-order chi connectivity index (χ1) is 12.7. The number of rotatable bonds is 5. The third-order valence-electron chi connectivity index (χ3n) is 3.54. The zero-order valence-corrected chi connectivity index (χ0v) is 17.4. The first-order valence-electron chi connectivity index (χ1n) is 8.42. The van der Waals surface area contributed by atoms with Gasteiger partial charge in [0, 0.05) is 29.0 Å². The van der Waals surface area contributed by atoms with Gasteiger partial charge >= 0.3 is 12.1 Å². The third kappa shape index (κ3) is 6.67. The van der Waals surface area contributed by atoms with Crippen molar-refractivity contribution in [3.05, 3.63) is 52.8 Å². The molecule has 7 heteroatoms. The molecule has 0 fully saturated rings. The lowest BCUT2D eigenvalue weighted by atomic mass is 10.0. The smallest absolute Gasteiger partial charge is 0.411 e. The predicted octanol–water partition coefficient (Wildman–Crippen LogP) is 4.42. The number of ether oxygens (including phenoxy) is 2. The van der Waals surface area contributed by atoms with Crippen LogP contribution in [0.15, 0.2) is 47.2 Å². The summed E-state index contributed by atoms with van der Waals surface area (Å²) in [5, 5.41) is 0. The van der Waals surface area contributed by atoms with E-state index in [0.717, 1.165) is 21.2 Å². The molecule has 144 valence electrons. The number of methoxy groups -OCH3 is 1. The number of carbonyl (C=O) groups excluding carboxylic acids is 2. The van der Waals surface area contributed by atoms with Crippen molar-refractivity contribution < 1.29 is 19.1 Å². The van der Waals surface area contributed by atoms with Crippen molar-refractivity contribution in [2.45, 2.75) is 32.9 Å². The van der Waals surface area contributed by atoms with Gasteiger partial charge in [0.05, 0.1) is 7.11 Å². The lowest BCUT2D eigenvalue weighted by Crippen LogP contribution is -2.39. The first-order valence-corrected chi connectivity index (χ1v) is 9.22. The number of esters is 1. The maximum atomic E-state index is 12.5. The second-order valence-electron chi connectivity index (χ2n) is 7.00. The van der Waals surface area contributed by atoms with Crippen LogP contribution >= 0.6 is 15.9 Å². The fraction of sp³-hybridized carbons (Fsp3) is 0.350. The third-order valence-corrected chi connectivity index (χ3v) is 3.97. The number of amides is 1. The molecule has 1 aromatic carbocycles. The highest BCUT2D eigenvalue weighted by atomic mass is 79.9. The summed E-state index contributed by atoms with van der Waals surface area (Å²) in [6.45, 7) is 5.37. The van der Waals surface area contributed by atoms with Crippen LogP contribution in [0, 0.1) is 0 Å². The average molecular weight is 435 g/mol. The summed E-state index contributed by atoms with van der Waals surface area (Å²) >= 11 is 3.42. The molecule has 0 N–H and O–H groups in total. The van der Waals surface area contributed by atoms with Crippen molar-refractivity contribution in [1.82, 2.24) is 9.88 Å². The molecule has 0 spiro atoms. The van der Waals surface area contributed by atoms with Gasteiger partial charge in [-0.25, -0.2) is 4.79 Å². The molecule has 0 saturated heterocycles. The van der Waals surface area contributed by atoms with Crippen molar-refractivity contribution in [2.24, 2.45) is 0 Å². The molecular formula is C20H23BrN2O4. The van der Waals surface area contributed by atoms with Gasteiger partial charge in [-0.2, -0.15) is 0 Å². The maximum absolute atomic E-state index is 12.5. The Kier molecular flexibility index (Phi) is 6.96. The van der Waals surface area contributed by atoms with E-state index in [0.29, 0.717) is 0 Å². The normalized spacial score (nSPS) is 11.0. The van der Waals surface area contributed by atoms with Crippen LogP contribution in [0.4, 0.5) is 4.79 Å². The molecule has 0 aliphatic carbocycles. The highest BCUT2D eigenvalue weighted by molar-refractivity contribution is 9.10. The molecule has 27 heavy (non-hydrogen) atoms. The van der Waals surface area contributed by atoms with Crippen molar-refractivity contribution in [3.63, 3.8) is 0 Å². The van der Waals surface area contributed by atoms with E-state index in [9.17, 15) is 9.59 Å². The topological polar surface area (TPSA) is 68.7 Å². The van der Waals surface area contributed by atoms with Gasteiger partial charge in [0.2, 0.25) is 0 Å². The van der Waals surface area contributed by atoms with Gasteiger partial charge in [-0.15, -0.1) is 0 Å². The van der Waals surface area contributed by atoms with Gasteiger partial charge in [0.1, 0.15) is 12.1 Å². The van der Waals surface area contributed by atoms with Crippen LogP contribution in [0.2, 0.25) is 0 Å². The average Bonchev–Trinajstić information content (AvgIpc) is 2.60. The molecule has 1 heterocycles. The van der Waals surface area contributed by atoms with E-state index < -0.39 is 17.7 Å². The van der Waals surface area contributed by atoms with E-state index in [1.54, 1.807) is 33.2 Å². The Balaban J connectivity index is 2.24. The summed E-state index contributed by atoms with van der Waals surface area (Å²) < 4.78 is 11.0. The number of hydrogen-bond acceptors (Lipinski definition) is 5. The van der Waals surface area contributed by atoms with Gasteiger partial charge in [-0.05, 0) is 60.0 Å². The molecule has 0 bridgehead atoms. The van der Waals surface area contributed by atoms with Gasteiger partial charge in [0.25, 0.3) is 0 Å². The van der Waals surface area contributed by atoms with Gasteiger partial charge < -0.3 is 9.47 Å².